The summed E-state index contributed by atoms with van der Waals surface area (Å²) in [6, 6.07) is 0. The van der Waals surface area contributed by atoms with Crippen molar-refractivity contribution in [2.24, 2.45) is 5.73 Å². The normalized spacial score (nSPS) is 22.9. The summed E-state index contributed by atoms with van der Waals surface area (Å²) in [6.07, 6.45) is 6.21. The van der Waals surface area contributed by atoms with E-state index in [9.17, 15) is 4.79 Å². The molecule has 0 radical (unpaired) electrons. The Balaban J connectivity index is 2.42. The Morgan fingerprint density at radius 2 is 2.12 bits per heavy atom. The monoisotopic (exact) mass is 244 g/mol. The van der Waals surface area contributed by atoms with Gasteiger partial charge >= 0.3 is 0 Å². The quantitative estimate of drug-likeness (QED) is 0.750. The van der Waals surface area contributed by atoms with E-state index >= 15 is 0 Å². The van der Waals surface area contributed by atoms with E-state index in [1.165, 1.54) is 25.7 Å². The van der Waals surface area contributed by atoms with E-state index in [1.54, 1.807) is 7.05 Å². The highest BCUT2D eigenvalue weighted by atomic mass is 32.2. The number of nitrogens with two attached hydrogens (primary N) is 1. The molecule has 0 saturated heterocycles. The van der Waals surface area contributed by atoms with Gasteiger partial charge in [-0.2, -0.15) is 11.8 Å². The van der Waals surface area contributed by atoms with Gasteiger partial charge in [-0.25, -0.2) is 0 Å². The third-order valence-electron chi connectivity index (χ3n) is 3.52. The number of amides is 1. The van der Waals surface area contributed by atoms with Crippen LogP contribution in [0.4, 0.5) is 0 Å². The van der Waals surface area contributed by atoms with Crippen LogP contribution in [0.3, 0.4) is 0 Å². The van der Waals surface area contributed by atoms with Crippen LogP contribution in [-0.4, -0.2) is 29.0 Å². The van der Waals surface area contributed by atoms with Crippen LogP contribution in [0.15, 0.2) is 0 Å². The molecule has 0 aromatic carbocycles. The third-order valence-corrected chi connectivity index (χ3v) is 5.01. The molecule has 1 saturated carbocycles. The molecule has 94 valence electrons. The summed E-state index contributed by atoms with van der Waals surface area (Å²) >= 11 is 2.02. The number of thioether (sulfide) groups is 1. The third kappa shape index (κ3) is 3.67. The van der Waals surface area contributed by atoms with Gasteiger partial charge in [0.1, 0.15) is 0 Å². The average Bonchev–Trinajstić information content (AvgIpc) is 2.69. The summed E-state index contributed by atoms with van der Waals surface area (Å²) < 4.78 is 0. The molecule has 1 aliphatic carbocycles. The second kappa shape index (κ2) is 5.92. The van der Waals surface area contributed by atoms with E-state index in [2.05, 4.69) is 12.2 Å². The number of rotatable bonds is 6. The SMILES string of the molecule is CNC(C)(CC(C)SC1CCCC1)C(N)=O. The number of carbonyl (C=O) groups is 1. The molecule has 3 nitrogen and oxygen atoms in total. The van der Waals surface area contributed by atoms with Crippen LogP contribution in [0.5, 0.6) is 0 Å². The number of hydrogen-bond acceptors (Lipinski definition) is 3. The maximum absolute atomic E-state index is 11.4. The second-order valence-electron chi connectivity index (χ2n) is 5.00. The summed E-state index contributed by atoms with van der Waals surface area (Å²) in [6.45, 7) is 4.09. The van der Waals surface area contributed by atoms with Crippen LogP contribution < -0.4 is 11.1 Å². The van der Waals surface area contributed by atoms with Crippen LogP contribution in [0.2, 0.25) is 0 Å². The Hall–Kier alpha value is -0.220. The molecule has 0 bridgehead atoms. The van der Waals surface area contributed by atoms with E-state index in [-0.39, 0.29) is 5.91 Å². The van der Waals surface area contributed by atoms with Crippen molar-refractivity contribution >= 4 is 17.7 Å². The minimum atomic E-state index is -0.564. The highest BCUT2D eigenvalue weighted by Crippen LogP contribution is 2.34. The zero-order chi connectivity index (χ0) is 12.2. The number of carbonyl (C=O) groups excluding carboxylic acids is 1. The van der Waals surface area contributed by atoms with Crippen molar-refractivity contribution in [3.63, 3.8) is 0 Å². The lowest BCUT2D eigenvalue weighted by molar-refractivity contribution is -0.123. The van der Waals surface area contributed by atoms with Gasteiger partial charge in [0.15, 0.2) is 0 Å². The largest absolute Gasteiger partial charge is 0.368 e. The molecule has 1 fully saturated rings. The van der Waals surface area contributed by atoms with Crippen LogP contribution >= 0.6 is 11.8 Å². The molecular formula is C12H24N2OS. The number of hydrogen-bond donors (Lipinski definition) is 2. The van der Waals surface area contributed by atoms with Crippen LogP contribution in [0, 0.1) is 0 Å². The minimum absolute atomic E-state index is 0.256. The van der Waals surface area contributed by atoms with Crippen molar-refractivity contribution in [3.05, 3.63) is 0 Å². The molecule has 0 aliphatic heterocycles. The molecule has 0 aromatic heterocycles. The second-order valence-corrected chi connectivity index (χ2v) is 6.75. The predicted octanol–water partition coefficient (Wildman–Crippen LogP) is 1.90. The molecule has 1 rings (SSSR count). The molecule has 3 N–H and O–H groups in total. The fourth-order valence-corrected chi connectivity index (χ4v) is 3.99. The van der Waals surface area contributed by atoms with Gasteiger partial charge in [0.25, 0.3) is 0 Å². The molecule has 1 aliphatic rings. The van der Waals surface area contributed by atoms with Crippen molar-refractivity contribution in [1.29, 1.82) is 0 Å². The van der Waals surface area contributed by atoms with E-state index in [1.807, 2.05) is 18.7 Å². The maximum Gasteiger partial charge on any atom is 0.237 e. The number of nitrogens with one attached hydrogen (secondary N) is 1. The summed E-state index contributed by atoms with van der Waals surface area (Å²) in [7, 11) is 1.80. The van der Waals surface area contributed by atoms with Crippen LogP contribution in [0.1, 0.15) is 46.0 Å². The van der Waals surface area contributed by atoms with Gasteiger partial charge < -0.3 is 11.1 Å². The van der Waals surface area contributed by atoms with Gasteiger partial charge in [-0.1, -0.05) is 19.8 Å². The number of primary amides is 1. The highest BCUT2D eigenvalue weighted by molar-refractivity contribution is 8.00. The van der Waals surface area contributed by atoms with Gasteiger partial charge in [-0.15, -0.1) is 0 Å². The molecule has 2 unspecified atom stereocenters. The molecular weight excluding hydrogens is 220 g/mol. The van der Waals surface area contributed by atoms with Crippen molar-refractivity contribution in [3.8, 4) is 0 Å². The first kappa shape index (κ1) is 13.8. The Labute approximate surface area is 103 Å². The first-order valence-electron chi connectivity index (χ1n) is 6.12. The standard InChI is InChI=1S/C12H24N2OS/c1-9(16-10-6-4-5-7-10)8-12(2,14-3)11(13)15/h9-10,14H,4-8H2,1-3H3,(H2,13,15). The van der Waals surface area contributed by atoms with Crippen LogP contribution in [-0.2, 0) is 4.79 Å². The Morgan fingerprint density at radius 1 is 1.56 bits per heavy atom. The molecule has 4 heteroatoms. The van der Waals surface area contributed by atoms with Crippen molar-refractivity contribution in [1.82, 2.24) is 5.32 Å². The van der Waals surface area contributed by atoms with E-state index in [0.29, 0.717) is 5.25 Å². The first-order valence-corrected chi connectivity index (χ1v) is 7.06. The van der Waals surface area contributed by atoms with Crippen molar-refractivity contribution < 1.29 is 4.79 Å². The minimum Gasteiger partial charge on any atom is -0.368 e. The molecule has 2 atom stereocenters. The van der Waals surface area contributed by atoms with Gasteiger partial charge in [0.2, 0.25) is 5.91 Å². The molecule has 0 spiro atoms. The van der Waals surface area contributed by atoms with Gasteiger partial charge in [-0.3, -0.25) is 4.79 Å². The van der Waals surface area contributed by atoms with Gasteiger partial charge in [-0.05, 0) is 33.2 Å². The summed E-state index contributed by atoms with van der Waals surface area (Å²) in [4.78, 5) is 11.4. The van der Waals surface area contributed by atoms with E-state index in [0.717, 1.165) is 11.7 Å². The van der Waals surface area contributed by atoms with E-state index < -0.39 is 5.54 Å². The molecule has 16 heavy (non-hydrogen) atoms. The van der Waals surface area contributed by atoms with Gasteiger partial charge in [0, 0.05) is 10.5 Å². The lowest BCUT2D eigenvalue weighted by Crippen LogP contribution is -2.52. The Bertz CT molecular complexity index is 241. The highest BCUT2D eigenvalue weighted by Gasteiger charge is 2.32. The van der Waals surface area contributed by atoms with Gasteiger partial charge in [0.05, 0.1) is 5.54 Å². The average molecular weight is 244 g/mol. The lowest BCUT2D eigenvalue weighted by Gasteiger charge is -2.29. The summed E-state index contributed by atoms with van der Waals surface area (Å²) in [5, 5.41) is 4.32. The number of likely N-dealkylation sites (N-methyl/N-ethyl adjacent to an activating group) is 1. The van der Waals surface area contributed by atoms with Crippen molar-refractivity contribution in [2.75, 3.05) is 7.05 Å². The Morgan fingerprint density at radius 3 is 2.56 bits per heavy atom. The Kier molecular flexibility index (Phi) is 5.12. The predicted molar refractivity (Wildman–Crippen MR) is 70.6 cm³/mol. The smallest absolute Gasteiger partial charge is 0.237 e. The fraction of sp³-hybridized carbons (Fsp3) is 0.917. The van der Waals surface area contributed by atoms with Crippen LogP contribution in [0.25, 0.3) is 0 Å². The first-order chi connectivity index (χ1) is 7.48. The lowest BCUT2D eigenvalue weighted by atomic mass is 9.95. The van der Waals surface area contributed by atoms with Crippen molar-refractivity contribution in [2.45, 2.75) is 62.0 Å². The van der Waals surface area contributed by atoms with E-state index in [4.69, 9.17) is 5.73 Å². The molecule has 1 amide bonds. The summed E-state index contributed by atoms with van der Waals surface area (Å²) in [5.74, 6) is -0.256. The fourth-order valence-electron chi connectivity index (χ4n) is 2.30. The summed E-state index contributed by atoms with van der Waals surface area (Å²) in [5.41, 5.74) is 4.86. The maximum atomic E-state index is 11.4. The zero-order valence-corrected chi connectivity index (χ0v) is 11.4. The molecule has 0 aromatic rings. The zero-order valence-electron chi connectivity index (χ0n) is 10.6. The molecule has 0 heterocycles. The topological polar surface area (TPSA) is 55.1 Å².